The number of rotatable bonds is 4. The van der Waals surface area contributed by atoms with Crippen LogP contribution in [0.5, 0.6) is 0 Å². The molecule has 0 aliphatic heterocycles. The van der Waals surface area contributed by atoms with Gasteiger partial charge in [0.15, 0.2) is 0 Å². The average Bonchev–Trinajstić information content (AvgIpc) is 2.13. The van der Waals surface area contributed by atoms with Crippen LogP contribution in [0, 0.1) is 5.92 Å². The van der Waals surface area contributed by atoms with Crippen molar-refractivity contribution in [3.8, 4) is 0 Å². The van der Waals surface area contributed by atoms with E-state index >= 15 is 0 Å². The molecule has 0 saturated carbocycles. The fourth-order valence-corrected chi connectivity index (χ4v) is 0.939. The van der Waals surface area contributed by atoms with E-state index in [1.54, 1.807) is 0 Å². The van der Waals surface area contributed by atoms with Gasteiger partial charge in [0.05, 0.1) is 6.10 Å². The van der Waals surface area contributed by atoms with Gasteiger partial charge < -0.3 is 5.11 Å². The second-order valence-electron chi connectivity index (χ2n) is 3.27. The lowest BCUT2D eigenvalue weighted by Crippen LogP contribution is -2.11. The van der Waals surface area contributed by atoms with Gasteiger partial charge in [-0.15, -0.1) is 0 Å². The highest BCUT2D eigenvalue weighted by Crippen LogP contribution is 2.07. The highest BCUT2D eigenvalue weighted by atomic mass is 16.3. The van der Waals surface area contributed by atoms with E-state index in [2.05, 4.69) is 0 Å². The topological polar surface area (TPSA) is 20.2 Å². The van der Waals surface area contributed by atoms with Gasteiger partial charge in [-0.25, -0.2) is 0 Å². The summed E-state index contributed by atoms with van der Waals surface area (Å²) in [5, 5.41) is 9.63. The van der Waals surface area contributed by atoms with Gasteiger partial charge in [-0.1, -0.05) is 42.9 Å². The number of allylic oxidation sites excluding steroid dienone is 4. The van der Waals surface area contributed by atoms with Crippen LogP contribution in [0.1, 0.15) is 27.7 Å². The first-order valence-corrected chi connectivity index (χ1v) is 4.73. The summed E-state index contributed by atoms with van der Waals surface area (Å²) in [5.41, 5.74) is 1.17. The summed E-state index contributed by atoms with van der Waals surface area (Å²) in [6, 6.07) is 0. The van der Waals surface area contributed by atoms with Crippen molar-refractivity contribution in [2.45, 2.75) is 33.8 Å². The molecular formula is C12H20O. The zero-order chi connectivity index (χ0) is 10.3. The molecule has 2 atom stereocenters. The van der Waals surface area contributed by atoms with E-state index in [0.717, 1.165) is 0 Å². The summed E-state index contributed by atoms with van der Waals surface area (Å²) in [6.45, 7) is 7.97. The van der Waals surface area contributed by atoms with Crippen LogP contribution in [0.15, 0.2) is 36.0 Å². The molecule has 0 radical (unpaired) electrons. The third-order valence-electron chi connectivity index (χ3n) is 2.05. The lowest BCUT2D eigenvalue weighted by molar-refractivity contribution is 0.185. The predicted molar refractivity (Wildman–Crippen MR) is 58.6 cm³/mol. The molecule has 0 rings (SSSR count). The monoisotopic (exact) mass is 180 g/mol. The van der Waals surface area contributed by atoms with Crippen LogP contribution in [-0.2, 0) is 0 Å². The minimum Gasteiger partial charge on any atom is -0.388 e. The van der Waals surface area contributed by atoms with Gasteiger partial charge in [-0.2, -0.15) is 0 Å². The predicted octanol–water partition coefficient (Wildman–Crippen LogP) is 3.08. The second kappa shape index (κ2) is 6.67. The summed E-state index contributed by atoms with van der Waals surface area (Å²) >= 11 is 0. The standard InChI is InChI=1S/C12H20O/c1-5-7-11(4)12(13)9-8-10(3)6-2/h5-9,11-13H,1-4H3/b7-5+,9-8+,10-6+. The molecule has 0 saturated heterocycles. The Morgan fingerprint density at radius 3 is 2.31 bits per heavy atom. The fourth-order valence-electron chi connectivity index (χ4n) is 0.939. The first-order valence-electron chi connectivity index (χ1n) is 4.73. The lowest BCUT2D eigenvalue weighted by atomic mass is 10.0. The molecule has 13 heavy (non-hydrogen) atoms. The summed E-state index contributed by atoms with van der Waals surface area (Å²) in [7, 11) is 0. The van der Waals surface area contributed by atoms with Crippen molar-refractivity contribution in [2.75, 3.05) is 0 Å². The maximum Gasteiger partial charge on any atom is 0.0783 e. The van der Waals surface area contributed by atoms with Crippen LogP contribution in [0.3, 0.4) is 0 Å². The molecule has 0 heterocycles. The molecule has 1 nitrogen and oxygen atoms in total. The van der Waals surface area contributed by atoms with Gasteiger partial charge in [0, 0.05) is 5.92 Å². The van der Waals surface area contributed by atoms with E-state index in [-0.39, 0.29) is 12.0 Å². The van der Waals surface area contributed by atoms with E-state index < -0.39 is 0 Å². The fraction of sp³-hybridized carbons (Fsp3) is 0.500. The highest BCUT2D eigenvalue weighted by Gasteiger charge is 2.05. The Bertz CT molecular complexity index is 211. The van der Waals surface area contributed by atoms with Crippen molar-refractivity contribution in [3.63, 3.8) is 0 Å². The first-order chi connectivity index (χ1) is 6.11. The van der Waals surface area contributed by atoms with Crippen LogP contribution in [0.25, 0.3) is 0 Å². The minimum absolute atomic E-state index is 0.186. The molecular weight excluding hydrogens is 160 g/mol. The van der Waals surface area contributed by atoms with Gasteiger partial charge >= 0.3 is 0 Å². The third kappa shape index (κ3) is 5.42. The SMILES string of the molecule is C/C=C/C(C)C(O)/C=C/C(C)=C/C. The molecule has 0 amide bonds. The molecule has 0 aromatic heterocycles. The number of hydrogen-bond donors (Lipinski definition) is 1. The Labute approximate surface area is 81.5 Å². The zero-order valence-electron chi connectivity index (χ0n) is 8.99. The van der Waals surface area contributed by atoms with E-state index in [4.69, 9.17) is 0 Å². The first kappa shape index (κ1) is 12.2. The maximum absolute atomic E-state index is 9.63. The van der Waals surface area contributed by atoms with Crippen LogP contribution in [-0.4, -0.2) is 11.2 Å². The van der Waals surface area contributed by atoms with Crippen molar-refractivity contribution in [3.05, 3.63) is 36.0 Å². The Balaban J connectivity index is 4.13. The van der Waals surface area contributed by atoms with Crippen LogP contribution in [0.2, 0.25) is 0 Å². The second-order valence-corrected chi connectivity index (χ2v) is 3.27. The lowest BCUT2D eigenvalue weighted by Gasteiger charge is -2.10. The molecule has 0 bridgehead atoms. The Hall–Kier alpha value is -0.820. The van der Waals surface area contributed by atoms with Gasteiger partial charge in [0.1, 0.15) is 0 Å². The number of aliphatic hydroxyl groups excluding tert-OH is 1. The quantitative estimate of drug-likeness (QED) is 0.520. The Kier molecular flexibility index (Phi) is 6.25. The van der Waals surface area contributed by atoms with Crippen molar-refractivity contribution < 1.29 is 5.11 Å². The highest BCUT2D eigenvalue weighted by molar-refractivity contribution is 5.16. The van der Waals surface area contributed by atoms with Crippen LogP contribution >= 0.6 is 0 Å². The van der Waals surface area contributed by atoms with Crippen LogP contribution in [0.4, 0.5) is 0 Å². The molecule has 0 aliphatic carbocycles. The Morgan fingerprint density at radius 1 is 1.23 bits per heavy atom. The van der Waals surface area contributed by atoms with Crippen molar-refractivity contribution in [1.82, 2.24) is 0 Å². The van der Waals surface area contributed by atoms with Crippen molar-refractivity contribution in [1.29, 1.82) is 0 Å². The van der Waals surface area contributed by atoms with E-state index in [1.807, 2.05) is 58.1 Å². The minimum atomic E-state index is -0.383. The van der Waals surface area contributed by atoms with Crippen molar-refractivity contribution >= 4 is 0 Å². The molecule has 1 N–H and O–H groups in total. The molecule has 2 unspecified atom stereocenters. The van der Waals surface area contributed by atoms with Gasteiger partial charge in [-0.3, -0.25) is 0 Å². The third-order valence-corrected chi connectivity index (χ3v) is 2.05. The Morgan fingerprint density at radius 2 is 1.85 bits per heavy atom. The average molecular weight is 180 g/mol. The van der Waals surface area contributed by atoms with E-state index in [1.165, 1.54) is 5.57 Å². The van der Waals surface area contributed by atoms with Crippen LogP contribution < -0.4 is 0 Å². The normalized spacial score (nSPS) is 18.4. The molecule has 1 heteroatoms. The smallest absolute Gasteiger partial charge is 0.0783 e. The summed E-state index contributed by atoms with van der Waals surface area (Å²) < 4.78 is 0. The number of hydrogen-bond acceptors (Lipinski definition) is 1. The summed E-state index contributed by atoms with van der Waals surface area (Å²) in [4.78, 5) is 0. The molecule has 0 spiro atoms. The molecule has 0 aromatic rings. The zero-order valence-corrected chi connectivity index (χ0v) is 8.99. The molecule has 0 aromatic carbocycles. The van der Waals surface area contributed by atoms with Gasteiger partial charge in [0.2, 0.25) is 0 Å². The number of aliphatic hydroxyl groups is 1. The summed E-state index contributed by atoms with van der Waals surface area (Å²) in [5.74, 6) is 0.186. The molecule has 0 aliphatic rings. The molecule has 0 fully saturated rings. The van der Waals surface area contributed by atoms with Gasteiger partial charge in [-0.05, 0) is 20.8 Å². The summed E-state index contributed by atoms with van der Waals surface area (Å²) in [6.07, 6.45) is 9.38. The molecule has 74 valence electrons. The van der Waals surface area contributed by atoms with E-state index in [9.17, 15) is 5.11 Å². The van der Waals surface area contributed by atoms with Gasteiger partial charge in [0.25, 0.3) is 0 Å². The van der Waals surface area contributed by atoms with E-state index in [0.29, 0.717) is 0 Å². The largest absolute Gasteiger partial charge is 0.388 e. The van der Waals surface area contributed by atoms with Crippen molar-refractivity contribution in [2.24, 2.45) is 5.92 Å². The maximum atomic E-state index is 9.63.